The van der Waals surface area contributed by atoms with E-state index in [4.69, 9.17) is 4.74 Å². The third-order valence-electron chi connectivity index (χ3n) is 7.71. The van der Waals surface area contributed by atoms with Gasteiger partial charge in [-0.25, -0.2) is 9.18 Å². The molecule has 0 unspecified atom stereocenters. The number of carbonyl (C=O) groups is 1. The molecule has 4 aromatic carbocycles. The summed E-state index contributed by atoms with van der Waals surface area (Å²) >= 11 is 0. The second-order valence-corrected chi connectivity index (χ2v) is 11.0. The molecule has 0 spiro atoms. The summed E-state index contributed by atoms with van der Waals surface area (Å²) < 4.78 is 20.6. The SMILES string of the molecule is CCCCCCCCc1ccc(-c2ccc(C(=O)Oc3ccc(-c4ccc(CCCCC)cc4)cc3)cc2F)cc1. The van der Waals surface area contributed by atoms with E-state index in [-0.39, 0.29) is 5.56 Å². The third-order valence-corrected chi connectivity index (χ3v) is 7.71. The Morgan fingerprint density at radius 1 is 0.585 bits per heavy atom. The molecule has 0 aliphatic carbocycles. The van der Waals surface area contributed by atoms with Crippen LogP contribution in [0.15, 0.2) is 91.0 Å². The van der Waals surface area contributed by atoms with Gasteiger partial charge in [0.15, 0.2) is 0 Å². The van der Waals surface area contributed by atoms with Gasteiger partial charge >= 0.3 is 5.97 Å². The minimum Gasteiger partial charge on any atom is -0.423 e. The minimum absolute atomic E-state index is 0.189. The Labute approximate surface area is 245 Å². The van der Waals surface area contributed by atoms with Crippen LogP contribution in [0.3, 0.4) is 0 Å². The van der Waals surface area contributed by atoms with E-state index in [1.54, 1.807) is 24.3 Å². The van der Waals surface area contributed by atoms with E-state index in [1.807, 2.05) is 24.3 Å². The molecule has 0 bridgehead atoms. The van der Waals surface area contributed by atoms with Crippen LogP contribution in [-0.2, 0) is 12.8 Å². The van der Waals surface area contributed by atoms with E-state index < -0.39 is 11.8 Å². The van der Waals surface area contributed by atoms with E-state index in [0.29, 0.717) is 11.3 Å². The summed E-state index contributed by atoms with van der Waals surface area (Å²) in [7, 11) is 0. The third kappa shape index (κ3) is 9.14. The minimum atomic E-state index is -0.575. The van der Waals surface area contributed by atoms with E-state index in [2.05, 4.69) is 50.2 Å². The van der Waals surface area contributed by atoms with Crippen LogP contribution >= 0.6 is 0 Å². The first-order valence-corrected chi connectivity index (χ1v) is 15.4. The van der Waals surface area contributed by atoms with Crippen molar-refractivity contribution in [2.24, 2.45) is 0 Å². The van der Waals surface area contributed by atoms with Crippen molar-refractivity contribution < 1.29 is 13.9 Å². The Bertz CT molecular complexity index is 1360. The van der Waals surface area contributed by atoms with Crippen molar-refractivity contribution in [3.8, 4) is 28.0 Å². The van der Waals surface area contributed by atoms with Gasteiger partial charge in [-0.05, 0) is 77.8 Å². The van der Waals surface area contributed by atoms with Gasteiger partial charge < -0.3 is 4.74 Å². The van der Waals surface area contributed by atoms with Gasteiger partial charge in [-0.1, -0.05) is 126 Å². The summed E-state index contributed by atoms with van der Waals surface area (Å²) in [5.74, 6) is -0.578. The number of unbranched alkanes of at least 4 members (excludes halogenated alkanes) is 7. The lowest BCUT2D eigenvalue weighted by molar-refractivity contribution is 0.0734. The maximum absolute atomic E-state index is 15.0. The normalized spacial score (nSPS) is 11.0. The highest BCUT2D eigenvalue weighted by atomic mass is 19.1. The predicted molar refractivity (Wildman–Crippen MR) is 169 cm³/mol. The Balaban J connectivity index is 1.31. The van der Waals surface area contributed by atoms with Crippen molar-refractivity contribution >= 4 is 5.97 Å². The van der Waals surface area contributed by atoms with Crippen LogP contribution in [0.5, 0.6) is 5.75 Å². The van der Waals surface area contributed by atoms with Crippen LogP contribution < -0.4 is 4.74 Å². The van der Waals surface area contributed by atoms with Gasteiger partial charge in [0, 0.05) is 5.56 Å². The summed E-state index contributed by atoms with van der Waals surface area (Å²) in [6.07, 6.45) is 13.5. The number of ether oxygens (including phenoxy) is 1. The number of hydrogen-bond acceptors (Lipinski definition) is 2. The zero-order valence-corrected chi connectivity index (χ0v) is 24.6. The lowest BCUT2D eigenvalue weighted by Gasteiger charge is -2.09. The second kappa shape index (κ2) is 15.9. The first-order valence-electron chi connectivity index (χ1n) is 15.4. The number of aryl methyl sites for hydroxylation is 2. The topological polar surface area (TPSA) is 26.3 Å². The molecular weight excluding hydrogens is 507 g/mol. The summed E-state index contributed by atoms with van der Waals surface area (Å²) in [6.45, 7) is 4.45. The molecule has 0 fully saturated rings. The molecular formula is C38H43FO2. The molecule has 0 N–H and O–H groups in total. The molecule has 0 radical (unpaired) electrons. The molecule has 0 saturated carbocycles. The van der Waals surface area contributed by atoms with E-state index >= 15 is 4.39 Å². The highest BCUT2D eigenvalue weighted by molar-refractivity contribution is 5.91. The molecule has 0 atom stereocenters. The zero-order chi connectivity index (χ0) is 28.9. The van der Waals surface area contributed by atoms with E-state index in [0.717, 1.165) is 29.5 Å². The molecule has 4 rings (SSSR count). The number of esters is 1. The first kappa shape index (κ1) is 30.2. The smallest absolute Gasteiger partial charge is 0.343 e. The fourth-order valence-corrected chi connectivity index (χ4v) is 5.16. The predicted octanol–water partition coefficient (Wildman–Crippen LogP) is 11.0. The van der Waals surface area contributed by atoms with Crippen molar-refractivity contribution in [1.82, 2.24) is 0 Å². The summed E-state index contributed by atoms with van der Waals surface area (Å²) in [4.78, 5) is 12.8. The van der Waals surface area contributed by atoms with Gasteiger partial charge in [-0.2, -0.15) is 0 Å². The van der Waals surface area contributed by atoms with Crippen LogP contribution in [0.2, 0.25) is 0 Å². The summed E-state index contributed by atoms with van der Waals surface area (Å²) in [5.41, 5.74) is 6.27. The zero-order valence-electron chi connectivity index (χ0n) is 24.6. The van der Waals surface area contributed by atoms with Crippen molar-refractivity contribution in [2.75, 3.05) is 0 Å². The van der Waals surface area contributed by atoms with Crippen LogP contribution in [-0.4, -0.2) is 5.97 Å². The fourth-order valence-electron chi connectivity index (χ4n) is 5.16. The number of carbonyl (C=O) groups excluding carboxylic acids is 1. The quantitative estimate of drug-likeness (QED) is 0.0836. The molecule has 0 aliphatic heterocycles. The molecule has 0 aromatic heterocycles. The van der Waals surface area contributed by atoms with Crippen LogP contribution in [0.25, 0.3) is 22.3 Å². The van der Waals surface area contributed by atoms with Crippen LogP contribution in [0.1, 0.15) is 93.1 Å². The standard InChI is InChI=1S/C38H43FO2/c1-3-5-7-8-9-11-13-30-16-20-33(21-17-30)36-27-24-34(28-37(36)39)38(40)41-35-25-22-32(23-26-35)31-18-14-29(15-19-31)12-10-6-4-2/h14-28H,3-13H2,1-2H3. The molecule has 4 aromatic rings. The summed E-state index contributed by atoms with van der Waals surface area (Å²) in [5, 5.41) is 0. The van der Waals surface area contributed by atoms with E-state index in [9.17, 15) is 4.79 Å². The van der Waals surface area contributed by atoms with Crippen molar-refractivity contribution in [3.05, 3.63) is 114 Å². The average molecular weight is 551 g/mol. The molecule has 0 amide bonds. The maximum atomic E-state index is 15.0. The van der Waals surface area contributed by atoms with Crippen molar-refractivity contribution in [1.29, 1.82) is 0 Å². The van der Waals surface area contributed by atoms with Gasteiger partial charge in [-0.15, -0.1) is 0 Å². The lowest BCUT2D eigenvalue weighted by Crippen LogP contribution is -2.09. The molecule has 214 valence electrons. The average Bonchev–Trinajstić information content (AvgIpc) is 3.00. The highest BCUT2D eigenvalue weighted by Gasteiger charge is 2.13. The van der Waals surface area contributed by atoms with Gasteiger partial charge in [0.25, 0.3) is 0 Å². The fraction of sp³-hybridized carbons (Fsp3) is 0.342. The molecule has 0 heterocycles. The van der Waals surface area contributed by atoms with E-state index in [1.165, 1.54) is 75.0 Å². The molecule has 41 heavy (non-hydrogen) atoms. The first-order chi connectivity index (χ1) is 20.1. The van der Waals surface area contributed by atoms with Gasteiger partial charge in [-0.3, -0.25) is 0 Å². The second-order valence-electron chi connectivity index (χ2n) is 11.0. The number of benzene rings is 4. The summed E-state index contributed by atoms with van der Waals surface area (Å²) in [6, 6.07) is 28.7. The van der Waals surface area contributed by atoms with Gasteiger partial charge in [0.2, 0.25) is 0 Å². The van der Waals surface area contributed by atoms with Crippen LogP contribution in [0.4, 0.5) is 4.39 Å². The Hall–Kier alpha value is -3.72. The van der Waals surface area contributed by atoms with Gasteiger partial charge in [0.1, 0.15) is 11.6 Å². The van der Waals surface area contributed by atoms with Crippen molar-refractivity contribution in [2.45, 2.75) is 84.5 Å². The monoisotopic (exact) mass is 550 g/mol. The van der Waals surface area contributed by atoms with Crippen molar-refractivity contribution in [3.63, 3.8) is 0 Å². The largest absolute Gasteiger partial charge is 0.423 e. The van der Waals surface area contributed by atoms with Gasteiger partial charge in [0.05, 0.1) is 5.56 Å². The Kier molecular flexibility index (Phi) is 11.7. The Morgan fingerprint density at radius 3 is 1.66 bits per heavy atom. The molecule has 0 aliphatic rings. The Morgan fingerprint density at radius 2 is 1.07 bits per heavy atom. The molecule has 3 heteroatoms. The maximum Gasteiger partial charge on any atom is 0.343 e. The molecule has 2 nitrogen and oxygen atoms in total. The number of hydrogen-bond donors (Lipinski definition) is 0. The molecule has 0 saturated heterocycles. The number of halogens is 1. The highest BCUT2D eigenvalue weighted by Crippen LogP contribution is 2.27. The lowest BCUT2D eigenvalue weighted by atomic mass is 9.99. The number of rotatable bonds is 15. The van der Waals surface area contributed by atoms with Crippen LogP contribution in [0, 0.1) is 5.82 Å².